The molecule has 2 aromatic rings. The maximum absolute atomic E-state index is 13.5. The lowest BCUT2D eigenvalue weighted by Gasteiger charge is -2.46. The van der Waals surface area contributed by atoms with E-state index in [0.29, 0.717) is 49.2 Å². The number of ether oxygens (including phenoxy) is 1. The minimum atomic E-state index is -0.957. The Morgan fingerprint density at radius 2 is 1.93 bits per heavy atom. The van der Waals surface area contributed by atoms with Crippen molar-refractivity contribution in [3.05, 3.63) is 64.5 Å². The summed E-state index contributed by atoms with van der Waals surface area (Å²) < 4.78 is 19.7. The molecule has 1 atom stereocenters. The summed E-state index contributed by atoms with van der Waals surface area (Å²) in [6.45, 7) is 6.40. The zero-order valence-corrected chi connectivity index (χ0v) is 17.6. The number of aliphatic hydroxyl groups is 2. The van der Waals surface area contributed by atoms with Crippen LogP contribution in [0.5, 0.6) is 5.75 Å². The summed E-state index contributed by atoms with van der Waals surface area (Å²) >= 11 is 0. The Kier molecular flexibility index (Phi) is 5.11. The molecular weight excluding hydrogens is 385 g/mol. The number of halogens is 1. The lowest BCUT2D eigenvalue weighted by molar-refractivity contribution is -0.0497. The highest BCUT2D eigenvalue weighted by molar-refractivity contribution is 5.94. The van der Waals surface area contributed by atoms with Crippen LogP contribution in [0.1, 0.15) is 69.1 Å². The van der Waals surface area contributed by atoms with Crippen molar-refractivity contribution in [3.63, 3.8) is 0 Å². The Labute approximate surface area is 179 Å². The van der Waals surface area contributed by atoms with Crippen LogP contribution in [0.15, 0.2) is 36.4 Å². The van der Waals surface area contributed by atoms with E-state index in [2.05, 4.69) is 0 Å². The SMILES string of the molecule is Cc1cc(C(=O)N2CCC3(CC2)C[C@@H](O)c2cc(F)ccc2O3)ccc1C(C)(C)O.[HH].[HH]. The summed E-state index contributed by atoms with van der Waals surface area (Å²) in [4.78, 5) is 14.8. The molecule has 0 aromatic heterocycles. The van der Waals surface area contributed by atoms with Gasteiger partial charge in [0.05, 0.1) is 11.7 Å². The minimum Gasteiger partial charge on any atom is -0.487 e. The number of hydrogen-bond acceptors (Lipinski definition) is 4. The number of nitrogens with zero attached hydrogens (tertiary/aromatic N) is 1. The molecule has 1 saturated heterocycles. The van der Waals surface area contributed by atoms with Crippen molar-refractivity contribution < 1.29 is 27.0 Å². The third-order valence-electron chi connectivity index (χ3n) is 6.32. The van der Waals surface area contributed by atoms with Gasteiger partial charge in [0.25, 0.3) is 5.91 Å². The highest BCUT2D eigenvalue weighted by Gasteiger charge is 2.43. The molecule has 4 rings (SSSR count). The predicted molar refractivity (Wildman–Crippen MR) is 115 cm³/mol. The van der Waals surface area contributed by atoms with E-state index in [1.54, 1.807) is 30.9 Å². The average Bonchev–Trinajstić information content (AvgIpc) is 2.68. The number of carbonyl (C=O) groups excluding carboxylic acids is 1. The molecule has 2 aromatic carbocycles. The van der Waals surface area contributed by atoms with Gasteiger partial charge in [-0.05, 0) is 62.2 Å². The van der Waals surface area contributed by atoms with Crippen molar-refractivity contribution >= 4 is 5.91 Å². The first-order chi connectivity index (χ1) is 14.1. The second-order valence-corrected chi connectivity index (χ2v) is 9.07. The molecule has 30 heavy (non-hydrogen) atoms. The molecule has 0 unspecified atom stereocenters. The molecule has 1 spiro atoms. The van der Waals surface area contributed by atoms with Crippen molar-refractivity contribution in [3.8, 4) is 5.75 Å². The van der Waals surface area contributed by atoms with Crippen molar-refractivity contribution in [1.29, 1.82) is 0 Å². The number of likely N-dealkylation sites (tertiary alicyclic amines) is 1. The molecule has 0 bridgehead atoms. The van der Waals surface area contributed by atoms with E-state index >= 15 is 0 Å². The Hall–Kier alpha value is -2.44. The summed E-state index contributed by atoms with van der Waals surface area (Å²) in [6.07, 6.45) is 0.828. The maximum atomic E-state index is 13.5. The highest BCUT2D eigenvalue weighted by atomic mass is 19.1. The number of fused-ring (bicyclic) bond motifs is 1. The summed E-state index contributed by atoms with van der Waals surface area (Å²) in [5.74, 6) is 0.0838. The number of amides is 1. The molecule has 5 nitrogen and oxygen atoms in total. The van der Waals surface area contributed by atoms with Gasteiger partial charge in [0.2, 0.25) is 0 Å². The third kappa shape index (κ3) is 3.82. The molecule has 1 fully saturated rings. The summed E-state index contributed by atoms with van der Waals surface area (Å²) in [6, 6.07) is 9.63. The van der Waals surface area contributed by atoms with E-state index in [-0.39, 0.29) is 8.76 Å². The number of carbonyl (C=O) groups is 1. The van der Waals surface area contributed by atoms with E-state index < -0.39 is 23.1 Å². The van der Waals surface area contributed by atoms with E-state index in [1.807, 2.05) is 19.1 Å². The van der Waals surface area contributed by atoms with E-state index in [1.165, 1.54) is 12.1 Å². The fourth-order valence-electron chi connectivity index (χ4n) is 4.70. The topological polar surface area (TPSA) is 70.0 Å². The van der Waals surface area contributed by atoms with Gasteiger partial charge in [-0.15, -0.1) is 0 Å². The quantitative estimate of drug-likeness (QED) is 0.762. The van der Waals surface area contributed by atoms with Crippen LogP contribution >= 0.6 is 0 Å². The van der Waals surface area contributed by atoms with Crippen LogP contribution in [0, 0.1) is 12.7 Å². The number of benzene rings is 2. The molecule has 0 saturated carbocycles. The normalized spacial score (nSPS) is 20.6. The molecule has 164 valence electrons. The average molecular weight is 418 g/mol. The standard InChI is InChI=1S/C24H28FNO4.2H2/c1-15-12-16(4-6-19(15)23(2,3)29)22(28)26-10-8-24(9-11-26)14-20(27)18-13-17(25)5-7-21(18)30-24;;/h4-7,12-13,20,27,29H,8-11,14H2,1-3H3;2*1H/t20-;;/m1../s1. The fourth-order valence-corrected chi connectivity index (χ4v) is 4.70. The first-order valence-corrected chi connectivity index (χ1v) is 10.4. The Morgan fingerprint density at radius 3 is 2.57 bits per heavy atom. The number of piperidine rings is 1. The van der Waals surface area contributed by atoms with Crippen LogP contribution in [0.3, 0.4) is 0 Å². The Bertz CT molecular complexity index is 984. The van der Waals surface area contributed by atoms with Gasteiger partial charge in [-0.3, -0.25) is 4.79 Å². The van der Waals surface area contributed by atoms with Crippen LogP contribution in [-0.2, 0) is 5.60 Å². The molecule has 6 heteroatoms. The largest absolute Gasteiger partial charge is 0.487 e. The van der Waals surface area contributed by atoms with Gasteiger partial charge < -0.3 is 19.8 Å². The summed E-state index contributed by atoms with van der Waals surface area (Å²) in [7, 11) is 0. The number of rotatable bonds is 2. The van der Waals surface area contributed by atoms with Crippen molar-refractivity contribution in [2.75, 3.05) is 13.1 Å². The van der Waals surface area contributed by atoms with E-state index in [4.69, 9.17) is 4.74 Å². The van der Waals surface area contributed by atoms with Gasteiger partial charge in [-0.2, -0.15) is 0 Å². The van der Waals surface area contributed by atoms with Crippen molar-refractivity contribution in [1.82, 2.24) is 4.90 Å². The molecule has 2 N–H and O–H groups in total. The van der Waals surface area contributed by atoms with Crippen molar-refractivity contribution in [2.24, 2.45) is 0 Å². The first-order valence-electron chi connectivity index (χ1n) is 10.4. The Balaban J connectivity index is 0.00000181. The van der Waals surface area contributed by atoms with Crippen LogP contribution in [-0.4, -0.2) is 39.7 Å². The van der Waals surface area contributed by atoms with Gasteiger partial charge in [0.1, 0.15) is 17.2 Å². The maximum Gasteiger partial charge on any atom is 0.253 e. The molecular formula is C24H32FNO4. The van der Waals surface area contributed by atoms with E-state index in [9.17, 15) is 19.4 Å². The molecule has 0 aliphatic carbocycles. The van der Waals surface area contributed by atoms with Gasteiger partial charge in [0.15, 0.2) is 0 Å². The summed E-state index contributed by atoms with van der Waals surface area (Å²) in [5, 5.41) is 20.8. The van der Waals surface area contributed by atoms with Gasteiger partial charge in [0, 0.05) is 46.3 Å². The first kappa shape index (κ1) is 20.8. The smallest absolute Gasteiger partial charge is 0.253 e. The monoisotopic (exact) mass is 417 g/mol. The third-order valence-corrected chi connectivity index (χ3v) is 6.32. The molecule has 2 heterocycles. The van der Waals surface area contributed by atoms with Crippen LogP contribution < -0.4 is 4.74 Å². The van der Waals surface area contributed by atoms with Crippen LogP contribution in [0.25, 0.3) is 0 Å². The highest BCUT2D eigenvalue weighted by Crippen LogP contribution is 2.44. The number of aryl methyl sites for hydroxylation is 1. The minimum absolute atomic E-state index is 0. The van der Waals surface area contributed by atoms with Crippen molar-refractivity contribution in [2.45, 2.75) is 57.3 Å². The van der Waals surface area contributed by atoms with Gasteiger partial charge >= 0.3 is 0 Å². The molecule has 2 aliphatic rings. The number of aliphatic hydroxyl groups excluding tert-OH is 1. The second-order valence-electron chi connectivity index (χ2n) is 9.07. The van der Waals surface area contributed by atoms with Crippen LogP contribution in [0.2, 0.25) is 0 Å². The molecule has 1 amide bonds. The molecule has 0 radical (unpaired) electrons. The lowest BCUT2D eigenvalue weighted by atomic mass is 9.81. The van der Waals surface area contributed by atoms with Crippen LogP contribution in [0.4, 0.5) is 4.39 Å². The molecule has 2 aliphatic heterocycles. The predicted octanol–water partition coefficient (Wildman–Crippen LogP) is 4.34. The second kappa shape index (κ2) is 7.36. The number of hydrogen-bond donors (Lipinski definition) is 2. The van der Waals surface area contributed by atoms with Gasteiger partial charge in [-0.1, -0.05) is 6.07 Å². The fraction of sp³-hybridized carbons (Fsp3) is 0.458. The zero-order valence-electron chi connectivity index (χ0n) is 17.6. The van der Waals surface area contributed by atoms with E-state index in [0.717, 1.165) is 11.1 Å². The zero-order chi connectivity index (χ0) is 21.7. The lowest BCUT2D eigenvalue weighted by Crippen LogP contribution is -2.51. The van der Waals surface area contributed by atoms with Gasteiger partial charge in [-0.25, -0.2) is 4.39 Å². The summed E-state index contributed by atoms with van der Waals surface area (Å²) in [5.41, 5.74) is 1.27. The Morgan fingerprint density at radius 1 is 1.23 bits per heavy atom.